The van der Waals surface area contributed by atoms with Crippen LogP contribution in [0.25, 0.3) is 0 Å². The molecule has 0 aromatic rings. The molecule has 3 unspecified atom stereocenters. The summed E-state index contributed by atoms with van der Waals surface area (Å²) in [6, 6.07) is 0. The van der Waals surface area contributed by atoms with Gasteiger partial charge in [0.15, 0.2) is 0 Å². The first-order chi connectivity index (χ1) is 4.74. The SMILES string of the molecule is CC1CCC(CO)C(C)O1. The van der Waals surface area contributed by atoms with Crippen LogP contribution >= 0.6 is 0 Å². The summed E-state index contributed by atoms with van der Waals surface area (Å²) < 4.78 is 5.53. The van der Waals surface area contributed by atoms with Crippen LogP contribution in [0.15, 0.2) is 0 Å². The van der Waals surface area contributed by atoms with Crippen LogP contribution in [0, 0.1) is 5.92 Å². The smallest absolute Gasteiger partial charge is 0.0600 e. The minimum absolute atomic E-state index is 0.244. The number of ether oxygens (including phenoxy) is 1. The molecule has 2 heteroatoms. The predicted molar refractivity (Wildman–Crippen MR) is 39.8 cm³/mol. The first kappa shape index (κ1) is 8.02. The van der Waals surface area contributed by atoms with Crippen molar-refractivity contribution < 1.29 is 9.84 Å². The van der Waals surface area contributed by atoms with Gasteiger partial charge in [-0.1, -0.05) is 0 Å². The van der Waals surface area contributed by atoms with Crippen molar-refractivity contribution in [1.29, 1.82) is 0 Å². The monoisotopic (exact) mass is 144 g/mol. The minimum Gasteiger partial charge on any atom is -0.396 e. The molecule has 1 fully saturated rings. The molecule has 1 saturated heterocycles. The molecule has 60 valence electrons. The van der Waals surface area contributed by atoms with Crippen LogP contribution in [0.1, 0.15) is 26.7 Å². The highest BCUT2D eigenvalue weighted by molar-refractivity contribution is 4.73. The van der Waals surface area contributed by atoms with Gasteiger partial charge >= 0.3 is 0 Å². The maximum Gasteiger partial charge on any atom is 0.0600 e. The average Bonchev–Trinajstić information content (AvgIpc) is 1.88. The lowest BCUT2D eigenvalue weighted by molar-refractivity contribution is -0.0769. The topological polar surface area (TPSA) is 29.5 Å². The van der Waals surface area contributed by atoms with E-state index >= 15 is 0 Å². The van der Waals surface area contributed by atoms with Crippen molar-refractivity contribution in [2.75, 3.05) is 6.61 Å². The molecule has 10 heavy (non-hydrogen) atoms. The van der Waals surface area contributed by atoms with Gasteiger partial charge in [-0.15, -0.1) is 0 Å². The van der Waals surface area contributed by atoms with Crippen molar-refractivity contribution in [2.24, 2.45) is 5.92 Å². The molecule has 1 heterocycles. The lowest BCUT2D eigenvalue weighted by Crippen LogP contribution is -2.33. The van der Waals surface area contributed by atoms with Gasteiger partial charge in [0.2, 0.25) is 0 Å². The fraction of sp³-hybridized carbons (Fsp3) is 1.00. The van der Waals surface area contributed by atoms with Gasteiger partial charge < -0.3 is 9.84 Å². The first-order valence-corrected chi connectivity index (χ1v) is 4.00. The van der Waals surface area contributed by atoms with Gasteiger partial charge in [-0.2, -0.15) is 0 Å². The van der Waals surface area contributed by atoms with Gasteiger partial charge in [0.05, 0.1) is 12.2 Å². The van der Waals surface area contributed by atoms with E-state index in [4.69, 9.17) is 9.84 Å². The van der Waals surface area contributed by atoms with E-state index in [9.17, 15) is 0 Å². The van der Waals surface area contributed by atoms with E-state index in [1.54, 1.807) is 0 Å². The van der Waals surface area contributed by atoms with Crippen LogP contribution in [-0.4, -0.2) is 23.9 Å². The summed E-state index contributed by atoms with van der Waals surface area (Å²) in [5.41, 5.74) is 0. The quantitative estimate of drug-likeness (QED) is 0.599. The van der Waals surface area contributed by atoms with Crippen molar-refractivity contribution in [1.82, 2.24) is 0 Å². The summed E-state index contributed by atoms with van der Waals surface area (Å²) in [7, 11) is 0. The molecule has 1 aliphatic rings. The Morgan fingerprint density at radius 2 is 2.10 bits per heavy atom. The van der Waals surface area contributed by atoms with Crippen molar-refractivity contribution in [2.45, 2.75) is 38.9 Å². The fourth-order valence-electron chi connectivity index (χ4n) is 1.47. The first-order valence-electron chi connectivity index (χ1n) is 4.00. The predicted octanol–water partition coefficient (Wildman–Crippen LogP) is 1.18. The number of hydrogen-bond donors (Lipinski definition) is 1. The highest BCUT2D eigenvalue weighted by atomic mass is 16.5. The van der Waals surface area contributed by atoms with Gasteiger partial charge in [-0.3, -0.25) is 0 Å². The van der Waals surface area contributed by atoms with E-state index < -0.39 is 0 Å². The Bertz CT molecular complexity index is 103. The molecular weight excluding hydrogens is 128 g/mol. The van der Waals surface area contributed by atoms with Crippen LogP contribution in [-0.2, 0) is 4.74 Å². The Labute approximate surface area is 62.2 Å². The Kier molecular flexibility index (Phi) is 2.69. The lowest BCUT2D eigenvalue weighted by atomic mass is 9.94. The van der Waals surface area contributed by atoms with Gasteiger partial charge in [0.1, 0.15) is 0 Å². The Balaban J connectivity index is 2.36. The van der Waals surface area contributed by atoms with Crippen molar-refractivity contribution in [3.05, 3.63) is 0 Å². The molecule has 0 aromatic heterocycles. The van der Waals surface area contributed by atoms with E-state index in [1.807, 2.05) is 6.92 Å². The van der Waals surface area contributed by atoms with Crippen LogP contribution in [0.5, 0.6) is 0 Å². The molecule has 0 bridgehead atoms. The third-order valence-corrected chi connectivity index (χ3v) is 2.29. The van der Waals surface area contributed by atoms with Crippen LogP contribution in [0.3, 0.4) is 0 Å². The zero-order valence-electron chi connectivity index (χ0n) is 6.71. The second-order valence-corrected chi connectivity index (χ2v) is 3.17. The van der Waals surface area contributed by atoms with Crippen LogP contribution < -0.4 is 0 Å². The number of rotatable bonds is 1. The average molecular weight is 144 g/mol. The Hall–Kier alpha value is -0.0800. The molecule has 1 aliphatic heterocycles. The molecule has 1 rings (SSSR count). The molecule has 0 radical (unpaired) electrons. The molecule has 3 atom stereocenters. The van der Waals surface area contributed by atoms with E-state index in [0.29, 0.717) is 12.0 Å². The standard InChI is InChI=1S/C8H16O2/c1-6-3-4-8(5-9)7(2)10-6/h6-9H,3-5H2,1-2H3. The molecule has 0 aromatic carbocycles. The molecule has 1 N–H and O–H groups in total. The van der Waals surface area contributed by atoms with E-state index in [0.717, 1.165) is 12.8 Å². The third kappa shape index (κ3) is 1.70. The largest absolute Gasteiger partial charge is 0.396 e. The van der Waals surface area contributed by atoms with Crippen molar-refractivity contribution >= 4 is 0 Å². The molecule has 0 amide bonds. The normalized spacial score (nSPS) is 41.7. The fourth-order valence-corrected chi connectivity index (χ4v) is 1.47. The summed E-state index contributed by atoms with van der Waals surface area (Å²) in [6.45, 7) is 4.40. The Morgan fingerprint density at radius 1 is 1.40 bits per heavy atom. The zero-order chi connectivity index (χ0) is 7.56. The Morgan fingerprint density at radius 3 is 2.60 bits per heavy atom. The van der Waals surface area contributed by atoms with Gasteiger partial charge in [0.25, 0.3) is 0 Å². The third-order valence-electron chi connectivity index (χ3n) is 2.29. The minimum atomic E-state index is 0.244. The van der Waals surface area contributed by atoms with Crippen LogP contribution in [0.2, 0.25) is 0 Å². The van der Waals surface area contributed by atoms with Gasteiger partial charge in [-0.25, -0.2) is 0 Å². The summed E-state index contributed by atoms with van der Waals surface area (Å²) in [6.07, 6.45) is 2.83. The highest BCUT2D eigenvalue weighted by Crippen LogP contribution is 2.23. The maximum absolute atomic E-state index is 8.87. The molecule has 0 spiro atoms. The van der Waals surface area contributed by atoms with Gasteiger partial charge in [0, 0.05) is 12.5 Å². The molecule has 0 aliphatic carbocycles. The summed E-state index contributed by atoms with van der Waals surface area (Å²) in [5.74, 6) is 0.371. The summed E-state index contributed by atoms with van der Waals surface area (Å²) >= 11 is 0. The van der Waals surface area contributed by atoms with E-state index in [2.05, 4.69) is 6.92 Å². The number of aliphatic hydroxyl groups excluding tert-OH is 1. The second kappa shape index (κ2) is 3.35. The molecule has 2 nitrogen and oxygen atoms in total. The lowest BCUT2D eigenvalue weighted by Gasteiger charge is -2.31. The van der Waals surface area contributed by atoms with Crippen molar-refractivity contribution in [3.8, 4) is 0 Å². The summed E-state index contributed by atoms with van der Waals surface area (Å²) in [4.78, 5) is 0. The van der Waals surface area contributed by atoms with E-state index in [1.165, 1.54) is 0 Å². The summed E-state index contributed by atoms with van der Waals surface area (Å²) in [5, 5.41) is 8.87. The number of hydrogen-bond acceptors (Lipinski definition) is 2. The number of aliphatic hydroxyl groups is 1. The maximum atomic E-state index is 8.87. The zero-order valence-corrected chi connectivity index (χ0v) is 6.71. The molecule has 0 saturated carbocycles. The van der Waals surface area contributed by atoms with Gasteiger partial charge in [-0.05, 0) is 26.7 Å². The van der Waals surface area contributed by atoms with E-state index in [-0.39, 0.29) is 12.7 Å². The molecular formula is C8H16O2. The van der Waals surface area contributed by atoms with Crippen molar-refractivity contribution in [3.63, 3.8) is 0 Å². The highest BCUT2D eigenvalue weighted by Gasteiger charge is 2.24. The second-order valence-electron chi connectivity index (χ2n) is 3.17. The van der Waals surface area contributed by atoms with Crippen LogP contribution in [0.4, 0.5) is 0 Å².